The number of hydrogen-bond acceptors (Lipinski definition) is 2. The molecular weight excluding hydrogens is 200 g/mol. The van der Waals surface area contributed by atoms with Gasteiger partial charge in [0.05, 0.1) is 0 Å². The van der Waals surface area contributed by atoms with Crippen molar-refractivity contribution >= 4 is 5.65 Å². The van der Waals surface area contributed by atoms with Gasteiger partial charge in [0.1, 0.15) is 5.65 Å². The first-order valence-corrected chi connectivity index (χ1v) is 5.63. The largest absolute Gasteiger partial charge is 0.269 e. The van der Waals surface area contributed by atoms with Gasteiger partial charge in [0.15, 0.2) is 0 Å². The lowest BCUT2D eigenvalue weighted by atomic mass is 10.1. The smallest absolute Gasteiger partial charge is 0.261 e. The molecule has 0 spiro atoms. The fourth-order valence-electron chi connectivity index (χ4n) is 2.02. The molecule has 0 aliphatic heterocycles. The maximum atomic E-state index is 12.3. The minimum atomic E-state index is 0.0856. The zero-order valence-corrected chi connectivity index (χ0v) is 9.95. The van der Waals surface area contributed by atoms with Gasteiger partial charge in [-0.25, -0.2) is 4.98 Å². The van der Waals surface area contributed by atoms with Gasteiger partial charge in [0.2, 0.25) is 0 Å². The molecule has 0 saturated carbocycles. The van der Waals surface area contributed by atoms with Gasteiger partial charge in [-0.15, -0.1) is 0 Å². The zero-order valence-electron chi connectivity index (χ0n) is 9.95. The van der Waals surface area contributed by atoms with Gasteiger partial charge < -0.3 is 0 Å². The van der Waals surface area contributed by atoms with Gasteiger partial charge in [0, 0.05) is 17.0 Å². The van der Waals surface area contributed by atoms with E-state index in [-0.39, 0.29) is 5.56 Å². The Morgan fingerprint density at radius 3 is 2.75 bits per heavy atom. The first kappa shape index (κ1) is 10.9. The summed E-state index contributed by atoms with van der Waals surface area (Å²) in [6.45, 7) is 5.92. The number of aryl methyl sites for hydroxylation is 2. The summed E-state index contributed by atoms with van der Waals surface area (Å²) in [5.41, 5.74) is 3.46. The Balaban J connectivity index is 2.86. The summed E-state index contributed by atoms with van der Waals surface area (Å²) in [7, 11) is 0. The van der Waals surface area contributed by atoms with Crippen molar-refractivity contribution in [3.63, 3.8) is 0 Å². The van der Waals surface area contributed by atoms with Crippen molar-refractivity contribution in [3.8, 4) is 0 Å². The molecule has 3 nitrogen and oxygen atoms in total. The van der Waals surface area contributed by atoms with E-state index in [1.54, 1.807) is 4.40 Å². The normalized spacial score (nSPS) is 10.9. The number of rotatable bonds is 2. The lowest BCUT2D eigenvalue weighted by Gasteiger charge is -2.08. The molecule has 0 atom stereocenters. The molecule has 0 aliphatic rings. The highest BCUT2D eigenvalue weighted by molar-refractivity contribution is 5.42. The zero-order chi connectivity index (χ0) is 11.7. The Hall–Kier alpha value is -1.64. The number of nitrogens with zero attached hydrogens (tertiary/aromatic N) is 2. The standard InChI is InChI=1S/C13H16N2O/c1-4-6-11-10(3)14-12-8-5-7-9(2)15(12)13(11)16/h5,7-8H,4,6H2,1-3H3. The number of hydrogen-bond donors (Lipinski definition) is 0. The average molecular weight is 216 g/mol. The fourth-order valence-corrected chi connectivity index (χ4v) is 2.02. The first-order chi connectivity index (χ1) is 7.65. The molecule has 0 unspecified atom stereocenters. The van der Waals surface area contributed by atoms with Crippen LogP contribution in [-0.2, 0) is 6.42 Å². The quantitative estimate of drug-likeness (QED) is 0.771. The Morgan fingerprint density at radius 2 is 2.06 bits per heavy atom. The summed E-state index contributed by atoms with van der Waals surface area (Å²) < 4.78 is 1.69. The van der Waals surface area contributed by atoms with Crippen LogP contribution >= 0.6 is 0 Å². The molecule has 0 radical (unpaired) electrons. The summed E-state index contributed by atoms with van der Waals surface area (Å²) in [4.78, 5) is 16.8. The summed E-state index contributed by atoms with van der Waals surface area (Å²) in [5.74, 6) is 0. The Bertz CT molecular complexity index is 584. The van der Waals surface area contributed by atoms with Crippen molar-refractivity contribution < 1.29 is 0 Å². The third-order valence-electron chi connectivity index (χ3n) is 2.84. The molecule has 84 valence electrons. The van der Waals surface area contributed by atoms with E-state index in [0.717, 1.165) is 35.4 Å². The number of aromatic nitrogens is 2. The SMILES string of the molecule is CCCc1c(C)nc2cccc(C)n2c1=O. The van der Waals surface area contributed by atoms with Gasteiger partial charge in [-0.3, -0.25) is 9.20 Å². The summed E-state index contributed by atoms with van der Waals surface area (Å²) in [5, 5.41) is 0. The molecule has 2 rings (SSSR count). The van der Waals surface area contributed by atoms with Crippen LogP contribution in [0.25, 0.3) is 5.65 Å². The highest BCUT2D eigenvalue weighted by atomic mass is 16.1. The van der Waals surface area contributed by atoms with E-state index in [0.29, 0.717) is 0 Å². The number of fused-ring (bicyclic) bond motifs is 1. The molecule has 0 fully saturated rings. The molecule has 2 aromatic rings. The maximum Gasteiger partial charge on any atom is 0.261 e. The monoisotopic (exact) mass is 216 g/mol. The highest BCUT2D eigenvalue weighted by Crippen LogP contribution is 2.07. The van der Waals surface area contributed by atoms with Crippen molar-refractivity contribution in [2.75, 3.05) is 0 Å². The van der Waals surface area contributed by atoms with Crippen LogP contribution in [0.3, 0.4) is 0 Å². The van der Waals surface area contributed by atoms with E-state index >= 15 is 0 Å². The molecule has 0 amide bonds. The van der Waals surface area contributed by atoms with Crippen LogP contribution in [0.5, 0.6) is 0 Å². The van der Waals surface area contributed by atoms with Gasteiger partial charge in [-0.2, -0.15) is 0 Å². The van der Waals surface area contributed by atoms with Crippen molar-refractivity contribution in [1.82, 2.24) is 9.38 Å². The minimum Gasteiger partial charge on any atom is -0.269 e. The van der Waals surface area contributed by atoms with E-state index in [2.05, 4.69) is 11.9 Å². The van der Waals surface area contributed by atoms with Crippen molar-refractivity contribution in [2.45, 2.75) is 33.6 Å². The summed E-state index contributed by atoms with van der Waals surface area (Å²) >= 11 is 0. The summed E-state index contributed by atoms with van der Waals surface area (Å²) in [6, 6.07) is 5.73. The van der Waals surface area contributed by atoms with Gasteiger partial charge in [-0.05, 0) is 32.4 Å². The van der Waals surface area contributed by atoms with Gasteiger partial charge in [-0.1, -0.05) is 19.4 Å². The van der Waals surface area contributed by atoms with Crippen LogP contribution in [0.4, 0.5) is 0 Å². The van der Waals surface area contributed by atoms with E-state index in [4.69, 9.17) is 0 Å². The van der Waals surface area contributed by atoms with Crippen LogP contribution in [0, 0.1) is 13.8 Å². The van der Waals surface area contributed by atoms with Crippen LogP contribution in [0.15, 0.2) is 23.0 Å². The van der Waals surface area contributed by atoms with Crippen LogP contribution in [-0.4, -0.2) is 9.38 Å². The van der Waals surface area contributed by atoms with Crippen LogP contribution in [0.2, 0.25) is 0 Å². The average Bonchev–Trinajstić information content (AvgIpc) is 2.24. The third-order valence-corrected chi connectivity index (χ3v) is 2.84. The lowest BCUT2D eigenvalue weighted by molar-refractivity contribution is 0.848. The van der Waals surface area contributed by atoms with Crippen molar-refractivity contribution in [3.05, 3.63) is 45.5 Å². The van der Waals surface area contributed by atoms with Crippen LogP contribution in [0.1, 0.15) is 30.3 Å². The molecular formula is C13H16N2O. The van der Waals surface area contributed by atoms with Crippen LogP contribution < -0.4 is 5.56 Å². The molecule has 0 saturated heterocycles. The second kappa shape index (κ2) is 4.08. The van der Waals surface area contributed by atoms with E-state index in [9.17, 15) is 4.79 Å². The molecule has 0 bridgehead atoms. The van der Waals surface area contributed by atoms with Gasteiger partial charge in [0.25, 0.3) is 5.56 Å². The summed E-state index contributed by atoms with van der Waals surface area (Å²) in [6.07, 6.45) is 1.77. The molecule has 0 aliphatic carbocycles. The molecule has 3 heteroatoms. The topological polar surface area (TPSA) is 34.4 Å². The second-order valence-corrected chi connectivity index (χ2v) is 4.09. The third kappa shape index (κ3) is 1.62. The maximum absolute atomic E-state index is 12.3. The Morgan fingerprint density at radius 1 is 1.31 bits per heavy atom. The lowest BCUT2D eigenvalue weighted by Crippen LogP contribution is -2.23. The van der Waals surface area contributed by atoms with Crippen molar-refractivity contribution in [2.24, 2.45) is 0 Å². The molecule has 0 aromatic carbocycles. The fraction of sp³-hybridized carbons (Fsp3) is 0.385. The Labute approximate surface area is 94.8 Å². The number of pyridine rings is 1. The highest BCUT2D eigenvalue weighted by Gasteiger charge is 2.09. The predicted molar refractivity (Wildman–Crippen MR) is 64.9 cm³/mol. The molecule has 16 heavy (non-hydrogen) atoms. The first-order valence-electron chi connectivity index (χ1n) is 5.63. The predicted octanol–water partition coefficient (Wildman–Crippen LogP) is 2.26. The van der Waals surface area contributed by atoms with E-state index in [1.165, 1.54) is 0 Å². The molecule has 0 N–H and O–H groups in total. The second-order valence-electron chi connectivity index (χ2n) is 4.09. The molecule has 2 heterocycles. The minimum absolute atomic E-state index is 0.0856. The van der Waals surface area contributed by atoms with E-state index < -0.39 is 0 Å². The van der Waals surface area contributed by atoms with E-state index in [1.807, 2.05) is 32.0 Å². The van der Waals surface area contributed by atoms with Crippen molar-refractivity contribution in [1.29, 1.82) is 0 Å². The Kier molecular flexibility index (Phi) is 2.77. The molecule has 2 aromatic heterocycles. The van der Waals surface area contributed by atoms with Gasteiger partial charge >= 0.3 is 0 Å².